The van der Waals surface area contributed by atoms with Gasteiger partial charge in [0, 0.05) is 5.02 Å². The topological polar surface area (TPSA) is 43.4 Å². The van der Waals surface area contributed by atoms with Gasteiger partial charge in [0.15, 0.2) is 9.84 Å². The molecule has 0 fully saturated rings. The van der Waals surface area contributed by atoms with Crippen molar-refractivity contribution in [3.05, 3.63) is 59.1 Å². The molecule has 0 N–H and O–H groups in total. The Bertz CT molecular complexity index is 682. The molecule has 0 spiro atoms. The van der Waals surface area contributed by atoms with Crippen LogP contribution in [-0.2, 0) is 16.3 Å². The van der Waals surface area contributed by atoms with Crippen molar-refractivity contribution >= 4 is 21.4 Å². The molecule has 20 heavy (non-hydrogen) atoms. The van der Waals surface area contributed by atoms with Crippen molar-refractivity contribution in [1.82, 2.24) is 0 Å². The molecule has 0 saturated carbocycles. The molecule has 0 aliphatic carbocycles. The second kappa shape index (κ2) is 6.29. The van der Waals surface area contributed by atoms with Crippen LogP contribution in [0.5, 0.6) is 5.75 Å². The maximum atomic E-state index is 12.2. The van der Waals surface area contributed by atoms with Crippen molar-refractivity contribution in [1.29, 1.82) is 0 Å². The second-order valence-electron chi connectivity index (χ2n) is 4.34. The molecule has 0 aliphatic heterocycles. The van der Waals surface area contributed by atoms with Gasteiger partial charge in [0.2, 0.25) is 0 Å². The van der Waals surface area contributed by atoms with Gasteiger partial charge in [0.05, 0.1) is 17.8 Å². The molecule has 0 radical (unpaired) electrons. The minimum atomic E-state index is -3.29. The highest BCUT2D eigenvalue weighted by Crippen LogP contribution is 2.24. The van der Waals surface area contributed by atoms with Crippen molar-refractivity contribution in [2.24, 2.45) is 0 Å². The van der Waals surface area contributed by atoms with Gasteiger partial charge < -0.3 is 4.74 Å². The first-order valence-corrected chi connectivity index (χ1v) is 8.16. The first-order chi connectivity index (χ1) is 9.53. The third kappa shape index (κ3) is 3.52. The maximum absolute atomic E-state index is 12.2. The normalized spacial score (nSPS) is 11.3. The molecule has 0 unspecified atom stereocenters. The predicted molar refractivity (Wildman–Crippen MR) is 80.2 cm³/mol. The van der Waals surface area contributed by atoms with Gasteiger partial charge in [-0.2, -0.15) is 0 Å². The third-order valence-electron chi connectivity index (χ3n) is 2.98. The average Bonchev–Trinajstić information content (AvgIpc) is 2.46. The second-order valence-corrected chi connectivity index (χ2v) is 6.88. The fourth-order valence-electron chi connectivity index (χ4n) is 1.93. The monoisotopic (exact) mass is 310 g/mol. The molecule has 0 aromatic heterocycles. The summed E-state index contributed by atoms with van der Waals surface area (Å²) >= 11 is 5.94. The van der Waals surface area contributed by atoms with Crippen LogP contribution in [0.1, 0.15) is 5.56 Å². The number of aryl methyl sites for hydroxylation is 1. The highest BCUT2D eigenvalue weighted by Gasteiger charge is 2.15. The molecule has 0 bridgehead atoms. The van der Waals surface area contributed by atoms with Crippen LogP contribution in [0.15, 0.2) is 53.4 Å². The molecular weight excluding hydrogens is 296 g/mol. The van der Waals surface area contributed by atoms with Gasteiger partial charge in [0.1, 0.15) is 5.75 Å². The third-order valence-corrected chi connectivity index (χ3v) is 4.95. The fourth-order valence-corrected chi connectivity index (χ4v) is 3.42. The Balaban J connectivity index is 2.19. The largest absolute Gasteiger partial charge is 0.496 e. The smallest absolute Gasteiger partial charge is 0.178 e. The SMILES string of the molecule is COc1ccc(Cl)cc1CCS(=O)(=O)c1ccccc1. The lowest BCUT2D eigenvalue weighted by molar-refractivity contribution is 0.410. The number of methoxy groups -OCH3 is 1. The van der Waals surface area contributed by atoms with E-state index in [0.717, 1.165) is 5.56 Å². The summed E-state index contributed by atoms with van der Waals surface area (Å²) in [5, 5.41) is 0.568. The minimum Gasteiger partial charge on any atom is -0.496 e. The Kier molecular flexibility index (Phi) is 4.68. The van der Waals surface area contributed by atoms with Crippen molar-refractivity contribution < 1.29 is 13.2 Å². The summed E-state index contributed by atoms with van der Waals surface area (Å²) in [7, 11) is -1.74. The van der Waals surface area contributed by atoms with Crippen LogP contribution in [0.25, 0.3) is 0 Å². The molecule has 106 valence electrons. The number of sulfone groups is 1. The van der Waals surface area contributed by atoms with Gasteiger partial charge in [-0.15, -0.1) is 0 Å². The highest BCUT2D eigenvalue weighted by atomic mass is 35.5. The Morgan fingerprint density at radius 2 is 1.80 bits per heavy atom. The zero-order valence-electron chi connectivity index (χ0n) is 11.0. The average molecular weight is 311 g/mol. The standard InChI is InChI=1S/C15H15ClO3S/c1-19-15-8-7-13(16)11-12(15)9-10-20(17,18)14-5-3-2-4-6-14/h2-8,11H,9-10H2,1H3. The van der Waals surface area contributed by atoms with E-state index in [1.165, 1.54) is 0 Å². The number of hydrogen-bond acceptors (Lipinski definition) is 3. The molecule has 5 heteroatoms. The minimum absolute atomic E-state index is 0.0215. The lowest BCUT2D eigenvalue weighted by Gasteiger charge is -2.09. The lowest BCUT2D eigenvalue weighted by atomic mass is 10.1. The molecule has 2 aromatic carbocycles. The van der Waals surface area contributed by atoms with Crippen LogP contribution in [0.2, 0.25) is 5.02 Å². The van der Waals surface area contributed by atoms with Gasteiger partial charge in [-0.1, -0.05) is 29.8 Å². The number of halogens is 1. The Labute approximate surface area is 124 Å². The van der Waals surface area contributed by atoms with Crippen molar-refractivity contribution in [2.45, 2.75) is 11.3 Å². The van der Waals surface area contributed by atoms with E-state index in [1.54, 1.807) is 55.6 Å². The summed E-state index contributed by atoms with van der Waals surface area (Å²) in [6, 6.07) is 13.6. The molecule has 3 nitrogen and oxygen atoms in total. The Hall–Kier alpha value is -1.52. The predicted octanol–water partition coefficient (Wildman–Crippen LogP) is 3.37. The summed E-state index contributed by atoms with van der Waals surface area (Å²) in [6.45, 7) is 0. The summed E-state index contributed by atoms with van der Waals surface area (Å²) in [5.74, 6) is 0.672. The van der Waals surface area contributed by atoms with Gasteiger partial charge in [-0.05, 0) is 42.3 Å². The van der Waals surface area contributed by atoms with Gasteiger partial charge in [-0.3, -0.25) is 0 Å². The van der Waals surface area contributed by atoms with E-state index in [9.17, 15) is 8.42 Å². The van der Waals surface area contributed by atoms with E-state index in [4.69, 9.17) is 16.3 Å². The van der Waals surface area contributed by atoms with E-state index in [2.05, 4.69) is 0 Å². The molecule has 0 heterocycles. The first kappa shape index (κ1) is 14.9. The zero-order valence-corrected chi connectivity index (χ0v) is 12.6. The summed E-state index contributed by atoms with van der Waals surface area (Å²) < 4.78 is 29.7. The quantitative estimate of drug-likeness (QED) is 0.850. The summed E-state index contributed by atoms with van der Waals surface area (Å²) in [4.78, 5) is 0.334. The van der Waals surface area contributed by atoms with Gasteiger partial charge in [0.25, 0.3) is 0 Å². The molecule has 0 atom stereocenters. The number of rotatable bonds is 5. The van der Waals surface area contributed by atoms with Crippen LogP contribution in [0, 0.1) is 0 Å². The Morgan fingerprint density at radius 3 is 2.45 bits per heavy atom. The molecule has 2 aromatic rings. The van der Waals surface area contributed by atoms with Crippen LogP contribution < -0.4 is 4.74 Å². The first-order valence-electron chi connectivity index (χ1n) is 6.13. The maximum Gasteiger partial charge on any atom is 0.178 e. The van der Waals surface area contributed by atoms with Crippen LogP contribution in [0.3, 0.4) is 0 Å². The highest BCUT2D eigenvalue weighted by molar-refractivity contribution is 7.91. The van der Waals surface area contributed by atoms with E-state index >= 15 is 0 Å². The molecular formula is C15H15ClO3S. The van der Waals surface area contributed by atoms with E-state index in [-0.39, 0.29) is 5.75 Å². The van der Waals surface area contributed by atoms with Crippen LogP contribution >= 0.6 is 11.6 Å². The zero-order chi connectivity index (χ0) is 14.6. The number of benzene rings is 2. The van der Waals surface area contributed by atoms with Crippen LogP contribution in [0.4, 0.5) is 0 Å². The van der Waals surface area contributed by atoms with Crippen molar-refractivity contribution in [3.8, 4) is 5.75 Å². The molecule has 0 amide bonds. The van der Waals surface area contributed by atoms with E-state index in [0.29, 0.717) is 22.1 Å². The van der Waals surface area contributed by atoms with Gasteiger partial charge >= 0.3 is 0 Å². The lowest BCUT2D eigenvalue weighted by Crippen LogP contribution is -2.09. The van der Waals surface area contributed by atoms with E-state index in [1.807, 2.05) is 0 Å². The Morgan fingerprint density at radius 1 is 1.10 bits per heavy atom. The molecule has 0 saturated heterocycles. The van der Waals surface area contributed by atoms with Gasteiger partial charge in [-0.25, -0.2) is 8.42 Å². The number of hydrogen-bond donors (Lipinski definition) is 0. The van der Waals surface area contributed by atoms with Crippen molar-refractivity contribution in [2.75, 3.05) is 12.9 Å². The summed E-state index contributed by atoms with van der Waals surface area (Å²) in [5.41, 5.74) is 0.791. The van der Waals surface area contributed by atoms with Crippen molar-refractivity contribution in [3.63, 3.8) is 0 Å². The fraction of sp³-hybridized carbons (Fsp3) is 0.200. The molecule has 2 rings (SSSR count). The summed E-state index contributed by atoms with van der Waals surface area (Å²) in [6.07, 6.45) is 0.362. The number of ether oxygens (including phenoxy) is 1. The van der Waals surface area contributed by atoms with Crippen LogP contribution in [-0.4, -0.2) is 21.3 Å². The van der Waals surface area contributed by atoms with E-state index < -0.39 is 9.84 Å². The molecule has 0 aliphatic rings.